The Balaban J connectivity index is 2.45. The second-order valence-electron chi connectivity index (χ2n) is 4.32. The highest BCUT2D eigenvalue weighted by Crippen LogP contribution is 2.12. The molecule has 1 rings (SSSR count). The molecular formula is C13H22N2O2S. The van der Waals surface area contributed by atoms with Crippen molar-refractivity contribution in [2.45, 2.75) is 26.3 Å². The van der Waals surface area contributed by atoms with Gasteiger partial charge in [0.1, 0.15) is 0 Å². The Morgan fingerprint density at radius 2 is 1.83 bits per heavy atom. The van der Waals surface area contributed by atoms with Crippen LogP contribution >= 0.6 is 0 Å². The van der Waals surface area contributed by atoms with Gasteiger partial charge in [-0.2, -0.15) is 0 Å². The zero-order valence-corrected chi connectivity index (χ0v) is 11.8. The molecule has 0 saturated carbocycles. The highest BCUT2D eigenvalue weighted by atomic mass is 32.2. The first-order valence-corrected chi connectivity index (χ1v) is 7.96. The second-order valence-corrected chi connectivity index (χ2v) is 6.19. The molecule has 0 heterocycles. The topological polar surface area (TPSA) is 58.2 Å². The average Bonchev–Trinajstić information content (AvgIpc) is 2.35. The van der Waals surface area contributed by atoms with Gasteiger partial charge in [-0.3, -0.25) is 0 Å². The SMILES string of the molecule is CCCNCCS(=O)(=O)NC(C)c1ccccc1. The van der Waals surface area contributed by atoms with Gasteiger partial charge in [-0.15, -0.1) is 0 Å². The first-order chi connectivity index (χ1) is 8.55. The van der Waals surface area contributed by atoms with Gasteiger partial charge in [-0.1, -0.05) is 37.3 Å². The molecule has 1 unspecified atom stereocenters. The smallest absolute Gasteiger partial charge is 0.213 e. The second kappa shape index (κ2) is 7.51. The molecular weight excluding hydrogens is 248 g/mol. The van der Waals surface area contributed by atoms with Crippen LogP contribution in [0.4, 0.5) is 0 Å². The summed E-state index contributed by atoms with van der Waals surface area (Å²) in [6.45, 7) is 5.25. The standard InChI is InChI=1S/C13H22N2O2S/c1-3-9-14-10-11-18(16,17)15-12(2)13-7-5-4-6-8-13/h4-8,12,14-15H,3,9-11H2,1-2H3. The maximum Gasteiger partial charge on any atom is 0.213 e. The van der Waals surface area contributed by atoms with Crippen LogP contribution in [0.25, 0.3) is 0 Å². The summed E-state index contributed by atoms with van der Waals surface area (Å²) in [6, 6.07) is 9.37. The van der Waals surface area contributed by atoms with E-state index in [9.17, 15) is 8.42 Å². The van der Waals surface area contributed by atoms with Gasteiger partial charge in [0.25, 0.3) is 0 Å². The molecule has 1 atom stereocenters. The van der Waals surface area contributed by atoms with E-state index < -0.39 is 10.0 Å². The molecule has 0 spiro atoms. The lowest BCUT2D eigenvalue weighted by atomic mass is 10.1. The van der Waals surface area contributed by atoms with Crippen molar-refractivity contribution in [1.82, 2.24) is 10.0 Å². The Morgan fingerprint density at radius 3 is 2.44 bits per heavy atom. The van der Waals surface area contributed by atoms with Gasteiger partial charge < -0.3 is 5.32 Å². The van der Waals surface area contributed by atoms with Crippen LogP contribution < -0.4 is 10.0 Å². The summed E-state index contributed by atoms with van der Waals surface area (Å²) >= 11 is 0. The summed E-state index contributed by atoms with van der Waals surface area (Å²) in [7, 11) is -3.22. The molecule has 0 fully saturated rings. The van der Waals surface area contributed by atoms with Crippen LogP contribution in [0.5, 0.6) is 0 Å². The summed E-state index contributed by atoms with van der Waals surface area (Å²) < 4.78 is 26.3. The molecule has 0 aliphatic carbocycles. The molecule has 0 radical (unpaired) electrons. The first kappa shape index (κ1) is 15.1. The summed E-state index contributed by atoms with van der Waals surface area (Å²) in [5.41, 5.74) is 0.975. The van der Waals surface area contributed by atoms with E-state index in [-0.39, 0.29) is 11.8 Å². The van der Waals surface area contributed by atoms with Gasteiger partial charge in [0.2, 0.25) is 10.0 Å². The highest BCUT2D eigenvalue weighted by molar-refractivity contribution is 7.89. The fourth-order valence-electron chi connectivity index (χ4n) is 1.65. The number of rotatable bonds is 8. The van der Waals surface area contributed by atoms with E-state index in [1.54, 1.807) is 0 Å². The van der Waals surface area contributed by atoms with Crippen molar-refractivity contribution in [1.29, 1.82) is 0 Å². The van der Waals surface area contributed by atoms with Crippen molar-refractivity contribution in [2.75, 3.05) is 18.8 Å². The zero-order chi connectivity index (χ0) is 13.4. The average molecular weight is 270 g/mol. The Hall–Kier alpha value is -0.910. The predicted molar refractivity (Wildman–Crippen MR) is 74.9 cm³/mol. The molecule has 1 aromatic rings. The maximum atomic E-state index is 11.8. The summed E-state index contributed by atoms with van der Waals surface area (Å²) in [4.78, 5) is 0. The molecule has 4 nitrogen and oxygen atoms in total. The van der Waals surface area contributed by atoms with Gasteiger partial charge in [-0.25, -0.2) is 13.1 Å². The normalized spacial score (nSPS) is 13.4. The first-order valence-electron chi connectivity index (χ1n) is 6.31. The number of nitrogens with one attached hydrogen (secondary N) is 2. The number of hydrogen-bond acceptors (Lipinski definition) is 3. The van der Waals surface area contributed by atoms with Crippen molar-refractivity contribution in [3.05, 3.63) is 35.9 Å². The molecule has 0 aromatic heterocycles. The van der Waals surface area contributed by atoms with Gasteiger partial charge in [0.15, 0.2) is 0 Å². The van der Waals surface area contributed by atoms with Gasteiger partial charge in [0, 0.05) is 12.6 Å². The Labute approximate surface area is 110 Å². The van der Waals surface area contributed by atoms with Gasteiger partial charge >= 0.3 is 0 Å². The van der Waals surface area contributed by atoms with Gasteiger partial charge in [0.05, 0.1) is 5.75 Å². The van der Waals surface area contributed by atoms with Crippen molar-refractivity contribution in [3.63, 3.8) is 0 Å². The molecule has 0 aliphatic heterocycles. The molecule has 2 N–H and O–H groups in total. The maximum absolute atomic E-state index is 11.8. The van der Waals surface area contributed by atoms with Crippen molar-refractivity contribution in [3.8, 4) is 0 Å². The Kier molecular flexibility index (Phi) is 6.32. The quantitative estimate of drug-likeness (QED) is 0.706. The van der Waals surface area contributed by atoms with E-state index in [1.165, 1.54) is 0 Å². The number of sulfonamides is 1. The molecule has 0 saturated heterocycles. The van der Waals surface area contributed by atoms with E-state index >= 15 is 0 Å². The third kappa shape index (κ3) is 5.62. The van der Waals surface area contributed by atoms with Crippen LogP contribution in [0.1, 0.15) is 31.9 Å². The number of benzene rings is 1. The van der Waals surface area contributed by atoms with Crippen LogP contribution in [0.15, 0.2) is 30.3 Å². The molecule has 5 heteroatoms. The summed E-state index contributed by atoms with van der Waals surface area (Å²) in [5, 5.41) is 3.09. The van der Waals surface area contributed by atoms with E-state index in [0.29, 0.717) is 6.54 Å². The molecule has 102 valence electrons. The van der Waals surface area contributed by atoms with Crippen LogP contribution in [0.2, 0.25) is 0 Å². The predicted octanol–water partition coefficient (Wildman–Crippen LogP) is 1.67. The third-order valence-corrected chi connectivity index (χ3v) is 4.08. The molecule has 0 bridgehead atoms. The Bertz CT molecular complexity index is 432. The van der Waals surface area contributed by atoms with Crippen LogP contribution in [0, 0.1) is 0 Å². The minimum Gasteiger partial charge on any atom is -0.316 e. The van der Waals surface area contributed by atoms with Gasteiger partial charge in [-0.05, 0) is 25.5 Å². The third-order valence-electron chi connectivity index (χ3n) is 2.63. The van der Waals surface area contributed by atoms with E-state index in [0.717, 1.165) is 18.5 Å². The van der Waals surface area contributed by atoms with Crippen molar-refractivity contribution < 1.29 is 8.42 Å². The van der Waals surface area contributed by atoms with Crippen molar-refractivity contribution in [2.24, 2.45) is 0 Å². The summed E-state index contributed by atoms with van der Waals surface area (Å²) in [5.74, 6) is 0.115. The monoisotopic (exact) mass is 270 g/mol. The Morgan fingerprint density at radius 1 is 1.17 bits per heavy atom. The molecule has 0 aliphatic rings. The van der Waals surface area contributed by atoms with Crippen LogP contribution in [-0.2, 0) is 10.0 Å². The zero-order valence-electron chi connectivity index (χ0n) is 11.0. The highest BCUT2D eigenvalue weighted by Gasteiger charge is 2.14. The molecule has 18 heavy (non-hydrogen) atoms. The molecule has 1 aromatic carbocycles. The minimum absolute atomic E-state index is 0.115. The fourth-order valence-corrected chi connectivity index (χ4v) is 2.85. The van der Waals surface area contributed by atoms with E-state index in [4.69, 9.17) is 0 Å². The van der Waals surface area contributed by atoms with E-state index in [2.05, 4.69) is 17.0 Å². The van der Waals surface area contributed by atoms with E-state index in [1.807, 2.05) is 37.3 Å². The summed E-state index contributed by atoms with van der Waals surface area (Å²) in [6.07, 6.45) is 1.01. The fraction of sp³-hybridized carbons (Fsp3) is 0.538. The largest absolute Gasteiger partial charge is 0.316 e. The van der Waals surface area contributed by atoms with Crippen LogP contribution in [0.3, 0.4) is 0 Å². The van der Waals surface area contributed by atoms with Crippen LogP contribution in [-0.4, -0.2) is 27.3 Å². The lowest BCUT2D eigenvalue weighted by molar-refractivity contribution is 0.562. The molecule has 0 amide bonds. The lowest BCUT2D eigenvalue weighted by Gasteiger charge is -2.14. The lowest BCUT2D eigenvalue weighted by Crippen LogP contribution is -2.33. The minimum atomic E-state index is -3.22. The van der Waals surface area contributed by atoms with Crippen molar-refractivity contribution >= 4 is 10.0 Å². The number of hydrogen-bond donors (Lipinski definition) is 2.